The number of rotatable bonds is 4. The maximum absolute atomic E-state index is 10.6. The van der Waals surface area contributed by atoms with Gasteiger partial charge in [-0.25, -0.2) is 4.79 Å². The van der Waals surface area contributed by atoms with E-state index in [1.165, 1.54) is 19.2 Å². The summed E-state index contributed by atoms with van der Waals surface area (Å²) in [4.78, 5) is 10.6. The molecule has 1 aromatic rings. The number of carboxylic acids is 1. The van der Waals surface area contributed by atoms with Crippen molar-refractivity contribution >= 4 is 35.5 Å². The van der Waals surface area contributed by atoms with E-state index in [2.05, 4.69) is 0 Å². The van der Waals surface area contributed by atoms with Gasteiger partial charge in [-0.1, -0.05) is 12.1 Å². The molecule has 2 N–H and O–H groups in total. The number of hydrogen-bond donors (Lipinski definition) is 2. The molecule has 1 atom stereocenters. The van der Waals surface area contributed by atoms with Crippen LogP contribution in [0.2, 0.25) is 0 Å². The summed E-state index contributed by atoms with van der Waals surface area (Å²) in [5.74, 6) is -0.821. The van der Waals surface area contributed by atoms with Crippen LogP contribution in [-0.4, -0.2) is 59.0 Å². The van der Waals surface area contributed by atoms with Gasteiger partial charge in [-0.2, -0.15) is 0 Å². The Morgan fingerprint density at radius 3 is 2.33 bits per heavy atom. The van der Waals surface area contributed by atoms with Crippen molar-refractivity contribution in [3.8, 4) is 5.75 Å². The quantitative estimate of drug-likeness (QED) is 0.720. The summed E-state index contributed by atoms with van der Waals surface area (Å²) in [5, 5.41) is 17.7. The minimum atomic E-state index is -0.986. The first-order valence-corrected chi connectivity index (χ1v) is 4.17. The molecule has 78 valence electrons. The van der Waals surface area contributed by atoms with Crippen LogP contribution < -0.4 is 0 Å². The number of ether oxygens (including phenoxy) is 1. The van der Waals surface area contributed by atoms with Crippen molar-refractivity contribution in [3.05, 3.63) is 29.8 Å². The Labute approximate surface area is 110 Å². The average molecular weight is 220 g/mol. The van der Waals surface area contributed by atoms with E-state index in [9.17, 15) is 4.79 Å². The van der Waals surface area contributed by atoms with Gasteiger partial charge < -0.3 is 14.9 Å². The summed E-state index contributed by atoms with van der Waals surface area (Å²) in [6, 6.07) is 6.38. The minimum absolute atomic E-state index is 0. The Morgan fingerprint density at radius 2 is 1.93 bits per heavy atom. The second kappa shape index (κ2) is 6.85. The molecule has 4 nitrogen and oxygen atoms in total. The summed E-state index contributed by atoms with van der Waals surface area (Å²) in [7, 11) is 1.36. The standard InChI is InChI=1S/C10H12O4.Na.H/c1-14-9(10(12)13)6-7-2-4-8(11)5-3-7;;/h2-5,9,11H,6H2,1H3,(H,12,13);;. The fourth-order valence-corrected chi connectivity index (χ4v) is 1.12. The number of carboxylic acid groups (broad SMARTS) is 1. The average Bonchev–Trinajstić information content (AvgIpc) is 2.16. The second-order valence-corrected chi connectivity index (χ2v) is 2.93. The van der Waals surface area contributed by atoms with E-state index in [1.54, 1.807) is 12.1 Å². The molecule has 0 saturated heterocycles. The monoisotopic (exact) mass is 220 g/mol. The number of methoxy groups -OCH3 is 1. The first-order valence-electron chi connectivity index (χ1n) is 4.17. The molecular weight excluding hydrogens is 207 g/mol. The second-order valence-electron chi connectivity index (χ2n) is 2.93. The van der Waals surface area contributed by atoms with Gasteiger partial charge in [0, 0.05) is 13.5 Å². The first kappa shape index (κ1) is 14.5. The zero-order valence-electron chi connectivity index (χ0n) is 7.80. The van der Waals surface area contributed by atoms with Crippen molar-refractivity contribution in [1.82, 2.24) is 0 Å². The summed E-state index contributed by atoms with van der Waals surface area (Å²) >= 11 is 0. The van der Waals surface area contributed by atoms with Gasteiger partial charge in [0.2, 0.25) is 0 Å². The Kier molecular flexibility index (Phi) is 6.60. The number of phenolic OH excluding ortho intramolecular Hbond substituents is 1. The number of hydrogen-bond acceptors (Lipinski definition) is 3. The van der Waals surface area contributed by atoms with E-state index in [0.717, 1.165) is 5.56 Å². The molecule has 0 aliphatic heterocycles. The van der Waals surface area contributed by atoms with E-state index in [4.69, 9.17) is 14.9 Å². The predicted octanol–water partition coefficient (Wildman–Crippen LogP) is 0.386. The number of benzene rings is 1. The Balaban J connectivity index is 0.00000196. The van der Waals surface area contributed by atoms with Crippen LogP contribution in [0.5, 0.6) is 5.75 Å². The van der Waals surface area contributed by atoms with E-state index < -0.39 is 12.1 Å². The van der Waals surface area contributed by atoms with Gasteiger partial charge in [0.25, 0.3) is 0 Å². The molecule has 0 aliphatic carbocycles. The van der Waals surface area contributed by atoms with Gasteiger partial charge in [-0.3, -0.25) is 0 Å². The maximum atomic E-state index is 10.6. The van der Waals surface area contributed by atoms with Crippen molar-refractivity contribution in [2.24, 2.45) is 0 Å². The van der Waals surface area contributed by atoms with Crippen LogP contribution in [-0.2, 0) is 16.0 Å². The third kappa shape index (κ3) is 4.66. The molecule has 15 heavy (non-hydrogen) atoms. The number of aromatic hydroxyl groups is 1. The van der Waals surface area contributed by atoms with Crippen molar-refractivity contribution in [3.63, 3.8) is 0 Å². The van der Waals surface area contributed by atoms with Crippen molar-refractivity contribution in [1.29, 1.82) is 0 Å². The van der Waals surface area contributed by atoms with Crippen LogP contribution in [0.3, 0.4) is 0 Å². The Bertz CT molecular complexity index is 310. The van der Waals surface area contributed by atoms with Gasteiger partial charge in [0.1, 0.15) is 5.75 Å². The van der Waals surface area contributed by atoms with E-state index in [0.29, 0.717) is 6.42 Å². The molecule has 0 aliphatic rings. The zero-order chi connectivity index (χ0) is 10.6. The molecule has 0 fully saturated rings. The molecule has 0 radical (unpaired) electrons. The number of aliphatic carboxylic acids is 1. The van der Waals surface area contributed by atoms with Gasteiger partial charge in [0.15, 0.2) is 6.10 Å². The van der Waals surface area contributed by atoms with Crippen molar-refractivity contribution in [2.45, 2.75) is 12.5 Å². The molecule has 0 saturated carbocycles. The summed E-state index contributed by atoms with van der Waals surface area (Å²) in [6.45, 7) is 0. The van der Waals surface area contributed by atoms with Crippen LogP contribution in [0.1, 0.15) is 5.56 Å². The molecular formula is C10H13NaO4. The molecule has 1 unspecified atom stereocenters. The first-order chi connectivity index (χ1) is 6.63. The molecule has 0 spiro atoms. The van der Waals surface area contributed by atoms with E-state index >= 15 is 0 Å². The molecule has 1 rings (SSSR count). The van der Waals surface area contributed by atoms with Crippen molar-refractivity contribution < 1.29 is 19.7 Å². The predicted molar refractivity (Wildman–Crippen MR) is 57.4 cm³/mol. The normalized spacial score (nSPS) is 11.5. The Morgan fingerprint density at radius 1 is 1.40 bits per heavy atom. The fraction of sp³-hybridized carbons (Fsp3) is 0.300. The topological polar surface area (TPSA) is 66.8 Å². The van der Waals surface area contributed by atoms with E-state index in [1.807, 2.05) is 0 Å². The molecule has 1 aromatic carbocycles. The Hall–Kier alpha value is -0.550. The van der Waals surface area contributed by atoms with Crippen LogP contribution in [0, 0.1) is 0 Å². The number of carbonyl (C=O) groups is 1. The van der Waals surface area contributed by atoms with Crippen LogP contribution in [0.15, 0.2) is 24.3 Å². The third-order valence-electron chi connectivity index (χ3n) is 1.92. The van der Waals surface area contributed by atoms with Crippen LogP contribution in [0.4, 0.5) is 0 Å². The third-order valence-corrected chi connectivity index (χ3v) is 1.92. The SMILES string of the molecule is COC(Cc1ccc(O)cc1)C(=O)O.[NaH]. The molecule has 0 heterocycles. The fourth-order valence-electron chi connectivity index (χ4n) is 1.12. The van der Waals surface area contributed by atoms with E-state index in [-0.39, 0.29) is 35.3 Å². The van der Waals surface area contributed by atoms with Gasteiger partial charge >= 0.3 is 35.5 Å². The summed E-state index contributed by atoms with van der Waals surface area (Å²) < 4.78 is 4.78. The van der Waals surface area contributed by atoms with Crippen molar-refractivity contribution in [2.75, 3.05) is 7.11 Å². The van der Waals surface area contributed by atoms with Crippen LogP contribution >= 0.6 is 0 Å². The summed E-state index contributed by atoms with van der Waals surface area (Å²) in [6.07, 6.45) is -0.536. The molecule has 0 aromatic heterocycles. The van der Waals surface area contributed by atoms with Crippen LogP contribution in [0.25, 0.3) is 0 Å². The summed E-state index contributed by atoms with van der Waals surface area (Å²) in [5.41, 5.74) is 0.817. The zero-order valence-corrected chi connectivity index (χ0v) is 7.80. The van der Waals surface area contributed by atoms with Gasteiger partial charge in [0.05, 0.1) is 0 Å². The number of phenols is 1. The molecule has 0 bridgehead atoms. The van der Waals surface area contributed by atoms with Gasteiger partial charge in [-0.05, 0) is 17.7 Å². The molecule has 5 heteroatoms. The molecule has 0 amide bonds. The van der Waals surface area contributed by atoms with Gasteiger partial charge in [-0.15, -0.1) is 0 Å².